The van der Waals surface area contributed by atoms with Gasteiger partial charge in [-0.05, 0) is 172 Å². The largest absolute Gasteiger partial charge is 0.390 e. The number of carbonyl (C=O) groups is 2. The molecule has 6 aliphatic carbocycles. The number of hydrogen-bond donors (Lipinski definition) is 5. The van der Waals surface area contributed by atoms with Gasteiger partial charge in [0.2, 0.25) is 19.5 Å². The Kier molecular flexibility index (Phi) is 33.3. The minimum atomic E-state index is -1.19. The molecule has 14 atom stereocenters. The molecule has 21 nitrogen and oxygen atoms in total. The second-order valence-corrected chi connectivity index (χ2v) is 33.6. The zero-order chi connectivity index (χ0) is 70.0. The summed E-state index contributed by atoms with van der Waals surface area (Å²) in [6.07, 6.45) is 38.1. The molecule has 3 unspecified atom stereocenters. The van der Waals surface area contributed by atoms with Crippen LogP contribution < -0.4 is 27.3 Å². The molecule has 0 aromatic carbocycles. The van der Waals surface area contributed by atoms with Gasteiger partial charge in [0.15, 0.2) is 0 Å². The predicted molar refractivity (Wildman–Crippen MR) is 396 cm³/mol. The highest BCUT2D eigenvalue weighted by molar-refractivity contribution is 7.78. The number of aliphatic hydroxyl groups excluding tert-OH is 1. The van der Waals surface area contributed by atoms with Crippen LogP contribution in [-0.4, -0.2) is 155 Å². The van der Waals surface area contributed by atoms with Gasteiger partial charge in [0.25, 0.3) is 8.53 Å². The first-order valence-electron chi connectivity index (χ1n) is 38.3. The number of likely N-dealkylation sites (N-methyl/N-ethyl adjacent to an activating group) is 3. The molecule has 0 radical (unpaired) electrons. The van der Waals surface area contributed by atoms with Crippen LogP contribution in [0.1, 0.15) is 281 Å². The van der Waals surface area contributed by atoms with Gasteiger partial charge in [0.1, 0.15) is 24.1 Å². The summed E-state index contributed by atoms with van der Waals surface area (Å²) in [4.78, 5) is 58.7. The summed E-state index contributed by atoms with van der Waals surface area (Å²) in [6, 6.07) is 4.57. The monoisotopic (exact) mass is 1430 g/mol. The molecule has 6 heterocycles. The van der Waals surface area contributed by atoms with E-state index in [2.05, 4.69) is 81.9 Å². The highest BCUT2D eigenvalue weighted by Crippen LogP contribution is 2.66. The first kappa shape index (κ1) is 82.7. The van der Waals surface area contributed by atoms with Crippen LogP contribution in [0.4, 0.5) is 11.6 Å². The van der Waals surface area contributed by atoms with Gasteiger partial charge >= 0.3 is 11.4 Å². The Labute approximate surface area is 596 Å². The quantitative estimate of drug-likeness (QED) is 0.0926. The Bertz CT molecular complexity index is 2840. The van der Waals surface area contributed by atoms with Crippen LogP contribution in [0, 0.1) is 29.6 Å². The van der Waals surface area contributed by atoms with Crippen LogP contribution >= 0.6 is 27.4 Å². The molecule has 12 rings (SSSR count). The second kappa shape index (κ2) is 39.5. The zero-order valence-electron chi connectivity index (χ0n) is 61.4. The maximum Gasteiger partial charge on any atom is 0.351 e. The van der Waals surface area contributed by atoms with Crippen LogP contribution in [0.25, 0.3) is 0 Å². The average Bonchev–Trinajstić information content (AvgIpc) is 1.59. The van der Waals surface area contributed by atoms with E-state index in [0.29, 0.717) is 49.2 Å². The Morgan fingerprint density at radius 2 is 1.05 bits per heavy atom. The summed E-state index contributed by atoms with van der Waals surface area (Å²) >= 11 is 6.41. The molecule has 2 aromatic rings. The summed E-state index contributed by atoms with van der Waals surface area (Å²) in [5, 5.41) is 29.3. The van der Waals surface area contributed by atoms with Crippen molar-refractivity contribution in [3.63, 3.8) is 0 Å². The van der Waals surface area contributed by atoms with Crippen molar-refractivity contribution in [3.05, 3.63) is 45.5 Å². The van der Waals surface area contributed by atoms with Crippen LogP contribution in [0.3, 0.4) is 0 Å². The first-order valence-corrected chi connectivity index (χ1v) is 41.5. The van der Waals surface area contributed by atoms with Crippen LogP contribution in [-0.2, 0) is 32.6 Å². The number of amides is 2. The van der Waals surface area contributed by atoms with Crippen LogP contribution in [0.2, 0.25) is 0 Å². The Hall–Kier alpha value is -2.59. The number of ether oxygens (including phenoxy) is 2. The Balaban J connectivity index is 0.000000189. The van der Waals surface area contributed by atoms with Crippen LogP contribution in [0.15, 0.2) is 34.1 Å². The number of nitrogens with one attached hydrogen (secondary N) is 3. The van der Waals surface area contributed by atoms with E-state index in [-0.39, 0.29) is 72.2 Å². The minimum absolute atomic E-state index is 0. The molecule has 2 amide bonds. The highest BCUT2D eigenvalue weighted by atomic mass is 35.7. The molecule has 4 saturated heterocycles. The second-order valence-electron chi connectivity index (χ2n) is 30.0. The van der Waals surface area contributed by atoms with E-state index in [4.69, 9.17) is 34.3 Å². The molecule has 560 valence electrons. The maximum atomic E-state index is 12.8. The molecular weight excluding hydrogens is 1300 g/mol. The van der Waals surface area contributed by atoms with Gasteiger partial charge in [-0.3, -0.25) is 18.7 Å². The summed E-state index contributed by atoms with van der Waals surface area (Å²) in [5.41, 5.74) is -1.29. The lowest BCUT2D eigenvalue weighted by Crippen LogP contribution is -2.56. The lowest BCUT2D eigenvalue weighted by Gasteiger charge is -2.46. The molecule has 0 spiro atoms. The van der Waals surface area contributed by atoms with E-state index >= 15 is 0 Å². The fraction of sp³-hybridized carbons (Fsp3) is 0.865. The van der Waals surface area contributed by atoms with E-state index in [1.165, 1.54) is 189 Å². The van der Waals surface area contributed by atoms with Gasteiger partial charge in [-0.25, -0.2) is 18.9 Å². The van der Waals surface area contributed by atoms with E-state index in [1.54, 1.807) is 46.0 Å². The lowest BCUT2D eigenvalue weighted by molar-refractivity contribution is -0.119. The van der Waals surface area contributed by atoms with Crippen molar-refractivity contribution in [1.29, 1.82) is 0 Å². The molecule has 10 aliphatic rings. The molecule has 0 bridgehead atoms. The third-order valence-electron chi connectivity index (χ3n) is 23.4. The number of hydrogen-bond acceptors (Lipinski definition) is 17. The number of anilines is 2. The van der Waals surface area contributed by atoms with Crippen molar-refractivity contribution in [2.45, 2.75) is 341 Å². The van der Waals surface area contributed by atoms with E-state index in [0.717, 1.165) is 31.6 Å². The van der Waals surface area contributed by atoms with Crippen molar-refractivity contribution in [1.82, 2.24) is 38.7 Å². The predicted octanol–water partition coefficient (Wildman–Crippen LogP) is 15.4. The molecule has 2 aromatic heterocycles. The third kappa shape index (κ3) is 20.5. The van der Waals surface area contributed by atoms with E-state index < -0.39 is 51.7 Å². The Morgan fingerprint density at radius 3 is 1.49 bits per heavy atom. The smallest absolute Gasteiger partial charge is 0.351 e. The van der Waals surface area contributed by atoms with Gasteiger partial charge in [-0.2, -0.15) is 9.97 Å². The molecular formula is C74H131ClN10O11P2. The number of carbonyl (C=O) groups excluding carboxylic acids is 2. The van der Waals surface area contributed by atoms with Gasteiger partial charge < -0.3 is 54.1 Å². The summed E-state index contributed by atoms with van der Waals surface area (Å²) in [6.45, 7) is 21.2. The molecule has 98 heavy (non-hydrogen) atoms. The normalized spacial score (nSPS) is 33.2. The molecule has 4 aliphatic heterocycles. The van der Waals surface area contributed by atoms with E-state index in [9.17, 15) is 29.4 Å². The molecule has 5 N–H and O–H groups in total. The van der Waals surface area contributed by atoms with E-state index in [1.807, 2.05) is 14.0 Å². The number of aliphatic hydroxyl groups is 2. The maximum absolute atomic E-state index is 12.8. The third-order valence-corrected chi connectivity index (χ3v) is 27.3. The van der Waals surface area contributed by atoms with Crippen LogP contribution in [0.5, 0.6) is 0 Å². The van der Waals surface area contributed by atoms with Gasteiger partial charge in [-0.15, -0.1) is 0 Å². The number of fused-ring (bicyclic) bond motifs is 2. The fourth-order valence-corrected chi connectivity index (χ4v) is 21.5. The van der Waals surface area contributed by atoms with Crippen molar-refractivity contribution in [3.8, 4) is 0 Å². The lowest BCUT2D eigenvalue weighted by atomic mass is 9.67. The summed E-state index contributed by atoms with van der Waals surface area (Å²) in [7, 11) is 4.32. The molecule has 10 fully saturated rings. The molecule has 6 saturated carbocycles. The highest BCUT2D eigenvalue weighted by Gasteiger charge is 2.60. The van der Waals surface area contributed by atoms with Crippen molar-refractivity contribution >= 4 is 50.9 Å². The van der Waals surface area contributed by atoms with Crippen molar-refractivity contribution < 1.29 is 42.8 Å². The van der Waals surface area contributed by atoms with Crippen molar-refractivity contribution in [2.24, 2.45) is 29.6 Å². The van der Waals surface area contributed by atoms with Gasteiger partial charge in [0.05, 0.1) is 41.2 Å². The van der Waals surface area contributed by atoms with Crippen molar-refractivity contribution in [2.75, 3.05) is 51.4 Å². The van der Waals surface area contributed by atoms with Gasteiger partial charge in [-0.1, -0.05) is 166 Å². The standard InChI is InChI=1S/C27H43N4O5P.C14H21N3O4.C13H23ClNOP.C13H25NO.C6H15N.CH4/c1-5-20-21(17-24(34-20)31-16-14-23(29-26(31)33)28-25(32)18(2)3)35-37-30(4)22-13-9-10-15-27(22,36-37)19-11-7-6-8-12-19;1-4-10-9(18)7-12(21-10)17-6-5-11(16-14(17)20)15-13(19)8(2)3;1-15-12-9-5-6-10-13(12,16-17(15)14)11-7-3-2-4-8-11;1-14-12-9-5-6-10-13(12,15)11-7-3-2-4-8-11;1-4-7(5-2)6-3;/h14,16,18-22,24H,5-13,15,17H2,1-4H3,(H,28,29,32,33);5-6,8-10,12,18H,4,7H2,1-3H3,(H,15,16,19,20);11-12H,2-10H2,1H3;11-12,14-15H,2-10H2,1H3;4-6H2,1-3H3;1H4/t20-,21?,22+,24-,27-,37-;9?,10-,12-;12-,13+,17?;12-,13+;;/m1100../s1. The number of rotatable bonds is 17. The average molecular weight is 1430 g/mol. The topological polar surface area (TPSA) is 236 Å². The summed E-state index contributed by atoms with van der Waals surface area (Å²) in [5.74, 6) is 1.70. The Morgan fingerprint density at radius 1 is 0.622 bits per heavy atom. The first-order chi connectivity index (χ1) is 46.6. The van der Waals surface area contributed by atoms with Gasteiger partial charge in [0, 0.05) is 55.2 Å². The SMILES string of the molecule is C.CCN(CC)CC.CC[C@H]1O[C@@H](n2ccc(NC(=O)C(C)C)nc2=O)CC1O.CC[C@H]1O[C@@H](n2ccc(NC(=O)C(C)C)nc2=O)CC1O[P@]1O[C@@]2(C3CCCCC3)CCCC[C@@H]2N1C.CN1[C@H]2CCCC[C@]2(C2CCCCC2)OP1Cl.CN[C@H]1CCCC[C@@]1(O)C1CCCCC1. The fourth-order valence-electron chi connectivity index (χ4n) is 17.5. The minimum Gasteiger partial charge on any atom is -0.390 e. The zero-order valence-corrected chi connectivity index (χ0v) is 64.0. The molecule has 24 heteroatoms. The number of aromatic nitrogens is 4. The number of nitrogens with zero attached hydrogens (tertiary/aromatic N) is 7. The number of halogens is 1. The summed E-state index contributed by atoms with van der Waals surface area (Å²) < 4.78 is 39.6.